The summed E-state index contributed by atoms with van der Waals surface area (Å²) < 4.78 is 0. The fourth-order valence-corrected chi connectivity index (χ4v) is 1.96. The summed E-state index contributed by atoms with van der Waals surface area (Å²) in [6.07, 6.45) is 0. The zero-order valence-corrected chi connectivity index (χ0v) is 10.1. The van der Waals surface area contributed by atoms with Crippen molar-refractivity contribution in [2.24, 2.45) is 0 Å². The Bertz CT molecular complexity index is 467. The molecule has 84 valence electrons. The SMILES string of the molecule is CNc1cccc(NCc2csc(C)n2)n1. The van der Waals surface area contributed by atoms with Crippen molar-refractivity contribution in [1.82, 2.24) is 9.97 Å². The lowest BCUT2D eigenvalue weighted by Gasteiger charge is -2.05. The molecule has 0 spiro atoms. The average Bonchev–Trinajstić information content (AvgIpc) is 2.73. The van der Waals surface area contributed by atoms with Crippen LogP contribution < -0.4 is 10.6 Å². The van der Waals surface area contributed by atoms with Gasteiger partial charge in [0.25, 0.3) is 0 Å². The second kappa shape index (κ2) is 4.94. The predicted octanol–water partition coefficient (Wildman–Crippen LogP) is 2.50. The summed E-state index contributed by atoms with van der Waals surface area (Å²) in [7, 11) is 1.86. The van der Waals surface area contributed by atoms with Gasteiger partial charge in [-0.3, -0.25) is 0 Å². The van der Waals surface area contributed by atoms with E-state index in [0.717, 1.165) is 22.3 Å². The molecule has 2 aromatic rings. The Morgan fingerprint density at radius 1 is 1.25 bits per heavy atom. The monoisotopic (exact) mass is 234 g/mol. The minimum Gasteiger partial charge on any atom is -0.373 e. The maximum Gasteiger partial charge on any atom is 0.128 e. The largest absolute Gasteiger partial charge is 0.373 e. The summed E-state index contributed by atoms with van der Waals surface area (Å²) >= 11 is 1.66. The zero-order chi connectivity index (χ0) is 11.4. The smallest absolute Gasteiger partial charge is 0.128 e. The Labute approximate surface area is 98.8 Å². The van der Waals surface area contributed by atoms with E-state index in [1.807, 2.05) is 32.2 Å². The van der Waals surface area contributed by atoms with E-state index in [-0.39, 0.29) is 0 Å². The van der Waals surface area contributed by atoms with Crippen LogP contribution in [0.15, 0.2) is 23.6 Å². The van der Waals surface area contributed by atoms with Crippen molar-refractivity contribution in [2.75, 3.05) is 17.7 Å². The van der Waals surface area contributed by atoms with E-state index in [9.17, 15) is 0 Å². The van der Waals surface area contributed by atoms with Crippen molar-refractivity contribution in [3.8, 4) is 0 Å². The van der Waals surface area contributed by atoms with Crippen molar-refractivity contribution in [1.29, 1.82) is 0 Å². The van der Waals surface area contributed by atoms with Gasteiger partial charge in [-0.25, -0.2) is 9.97 Å². The molecule has 5 heteroatoms. The van der Waals surface area contributed by atoms with Crippen LogP contribution in [0.2, 0.25) is 0 Å². The number of pyridine rings is 1. The quantitative estimate of drug-likeness (QED) is 0.853. The normalized spacial score (nSPS) is 10.1. The van der Waals surface area contributed by atoms with E-state index in [2.05, 4.69) is 26.0 Å². The Balaban J connectivity index is 1.99. The molecule has 0 saturated carbocycles. The molecule has 4 nitrogen and oxygen atoms in total. The number of nitrogens with zero attached hydrogens (tertiary/aromatic N) is 2. The fraction of sp³-hybridized carbons (Fsp3) is 0.273. The fourth-order valence-electron chi connectivity index (χ4n) is 1.34. The minimum atomic E-state index is 0.713. The molecule has 0 aliphatic rings. The van der Waals surface area contributed by atoms with E-state index >= 15 is 0 Å². The molecule has 16 heavy (non-hydrogen) atoms. The van der Waals surface area contributed by atoms with Crippen molar-refractivity contribution >= 4 is 23.0 Å². The minimum absolute atomic E-state index is 0.713. The maximum absolute atomic E-state index is 4.38. The van der Waals surface area contributed by atoms with Gasteiger partial charge in [0.05, 0.1) is 17.2 Å². The highest BCUT2D eigenvalue weighted by Crippen LogP contribution is 2.12. The number of rotatable bonds is 4. The molecule has 0 fully saturated rings. The first-order valence-electron chi connectivity index (χ1n) is 5.07. The number of thiazole rings is 1. The second-order valence-electron chi connectivity index (χ2n) is 3.37. The molecule has 0 aliphatic carbocycles. The van der Waals surface area contributed by atoms with Gasteiger partial charge in [0.2, 0.25) is 0 Å². The summed E-state index contributed by atoms with van der Waals surface area (Å²) in [5.74, 6) is 1.72. The molecule has 0 radical (unpaired) electrons. The number of hydrogen-bond acceptors (Lipinski definition) is 5. The molecule has 0 aliphatic heterocycles. The summed E-state index contributed by atoms with van der Waals surface area (Å²) in [6.45, 7) is 2.72. The van der Waals surface area contributed by atoms with Crippen LogP contribution >= 0.6 is 11.3 Å². The molecule has 0 saturated heterocycles. The average molecular weight is 234 g/mol. The molecule has 2 rings (SSSR count). The molecule has 2 N–H and O–H groups in total. The number of nitrogens with one attached hydrogen (secondary N) is 2. The van der Waals surface area contributed by atoms with Crippen LogP contribution in [-0.2, 0) is 6.54 Å². The van der Waals surface area contributed by atoms with Gasteiger partial charge in [-0.05, 0) is 19.1 Å². The Morgan fingerprint density at radius 3 is 2.75 bits per heavy atom. The van der Waals surface area contributed by atoms with Crippen LogP contribution in [0.1, 0.15) is 10.7 Å². The van der Waals surface area contributed by atoms with Gasteiger partial charge in [-0.1, -0.05) is 6.07 Å². The lowest BCUT2D eigenvalue weighted by atomic mass is 10.4. The zero-order valence-electron chi connectivity index (χ0n) is 9.32. The van der Waals surface area contributed by atoms with E-state index in [4.69, 9.17) is 0 Å². The number of hydrogen-bond donors (Lipinski definition) is 2. The molecule has 0 amide bonds. The molecular weight excluding hydrogens is 220 g/mol. The molecule has 0 atom stereocenters. The lowest BCUT2D eigenvalue weighted by Crippen LogP contribution is -2.03. The van der Waals surface area contributed by atoms with Crippen LogP contribution in [0.5, 0.6) is 0 Å². The molecule has 0 aromatic carbocycles. The number of aryl methyl sites for hydroxylation is 1. The first-order valence-corrected chi connectivity index (χ1v) is 5.95. The van der Waals surface area contributed by atoms with E-state index in [0.29, 0.717) is 6.54 Å². The van der Waals surface area contributed by atoms with Gasteiger partial charge in [0.15, 0.2) is 0 Å². The summed E-state index contributed by atoms with van der Waals surface area (Å²) in [5.41, 5.74) is 1.05. The van der Waals surface area contributed by atoms with Crippen LogP contribution in [0.3, 0.4) is 0 Å². The van der Waals surface area contributed by atoms with Gasteiger partial charge in [-0.2, -0.15) is 0 Å². The topological polar surface area (TPSA) is 49.8 Å². The molecule has 2 aromatic heterocycles. The maximum atomic E-state index is 4.38. The third-order valence-electron chi connectivity index (χ3n) is 2.12. The Kier molecular flexibility index (Phi) is 3.36. The highest BCUT2D eigenvalue weighted by molar-refractivity contribution is 7.09. The van der Waals surface area contributed by atoms with E-state index in [1.165, 1.54) is 0 Å². The van der Waals surface area contributed by atoms with Gasteiger partial charge in [0.1, 0.15) is 11.6 Å². The van der Waals surface area contributed by atoms with Crippen molar-refractivity contribution in [3.05, 3.63) is 34.3 Å². The predicted molar refractivity (Wildman–Crippen MR) is 68.0 cm³/mol. The van der Waals surface area contributed by atoms with E-state index < -0.39 is 0 Å². The lowest BCUT2D eigenvalue weighted by molar-refractivity contribution is 1.04. The first kappa shape index (κ1) is 10.9. The third-order valence-corrected chi connectivity index (χ3v) is 2.94. The summed E-state index contributed by atoms with van der Waals surface area (Å²) in [4.78, 5) is 8.75. The summed E-state index contributed by atoms with van der Waals surface area (Å²) in [6, 6.07) is 5.84. The second-order valence-corrected chi connectivity index (χ2v) is 4.43. The van der Waals surface area contributed by atoms with Crippen LogP contribution in [-0.4, -0.2) is 17.0 Å². The van der Waals surface area contributed by atoms with Gasteiger partial charge in [-0.15, -0.1) is 11.3 Å². The first-order chi connectivity index (χ1) is 7.78. The molecular formula is C11H14N4S. The molecule has 0 unspecified atom stereocenters. The van der Waals surface area contributed by atoms with Crippen LogP contribution in [0, 0.1) is 6.92 Å². The Hall–Kier alpha value is -1.62. The number of anilines is 2. The Morgan fingerprint density at radius 2 is 2.06 bits per heavy atom. The summed E-state index contributed by atoms with van der Waals surface area (Å²) in [5, 5.41) is 9.40. The van der Waals surface area contributed by atoms with Gasteiger partial charge < -0.3 is 10.6 Å². The van der Waals surface area contributed by atoms with Crippen molar-refractivity contribution in [3.63, 3.8) is 0 Å². The van der Waals surface area contributed by atoms with Gasteiger partial charge in [0, 0.05) is 12.4 Å². The van der Waals surface area contributed by atoms with Crippen LogP contribution in [0.25, 0.3) is 0 Å². The molecule has 2 heterocycles. The highest BCUT2D eigenvalue weighted by Gasteiger charge is 1.99. The molecule has 0 bridgehead atoms. The van der Waals surface area contributed by atoms with E-state index in [1.54, 1.807) is 11.3 Å². The number of aromatic nitrogens is 2. The van der Waals surface area contributed by atoms with Crippen molar-refractivity contribution < 1.29 is 0 Å². The standard InChI is InChI=1S/C11H14N4S/c1-8-14-9(7-16-8)6-13-11-5-3-4-10(12-2)15-11/h3-5,7H,6H2,1-2H3,(H2,12,13,15). The highest BCUT2D eigenvalue weighted by atomic mass is 32.1. The van der Waals surface area contributed by atoms with Crippen LogP contribution in [0.4, 0.5) is 11.6 Å². The third kappa shape index (κ3) is 2.70. The van der Waals surface area contributed by atoms with Crippen molar-refractivity contribution in [2.45, 2.75) is 13.5 Å². The van der Waals surface area contributed by atoms with Gasteiger partial charge >= 0.3 is 0 Å².